The Morgan fingerprint density at radius 2 is 2.40 bits per heavy atom. The quantitative estimate of drug-likeness (QED) is 0.812. The Kier molecular flexibility index (Phi) is 4.40. The van der Waals surface area contributed by atoms with Crippen molar-refractivity contribution in [3.8, 4) is 0 Å². The Bertz CT molecular complexity index is 440. The maximum atomic E-state index is 5.22. The predicted octanol–water partition coefficient (Wildman–Crippen LogP) is 1.69. The van der Waals surface area contributed by atoms with Gasteiger partial charge in [-0.15, -0.1) is 11.3 Å². The van der Waals surface area contributed by atoms with E-state index in [1.807, 2.05) is 11.3 Å². The molecule has 0 bridgehead atoms. The summed E-state index contributed by atoms with van der Waals surface area (Å²) in [6.45, 7) is 6.11. The van der Waals surface area contributed by atoms with Crippen molar-refractivity contribution in [3.05, 3.63) is 15.6 Å². The van der Waals surface area contributed by atoms with Crippen molar-refractivity contribution < 1.29 is 4.74 Å². The van der Waals surface area contributed by atoms with Crippen molar-refractivity contribution in [2.45, 2.75) is 38.1 Å². The van der Waals surface area contributed by atoms with Gasteiger partial charge in [0.25, 0.3) is 0 Å². The highest BCUT2D eigenvalue weighted by Gasteiger charge is 2.42. The van der Waals surface area contributed by atoms with Gasteiger partial charge in [0.1, 0.15) is 5.01 Å². The van der Waals surface area contributed by atoms with Crippen molar-refractivity contribution in [3.63, 3.8) is 0 Å². The van der Waals surface area contributed by atoms with Crippen LogP contribution in [0.25, 0.3) is 0 Å². The molecule has 2 aliphatic rings. The summed E-state index contributed by atoms with van der Waals surface area (Å²) in [5.74, 6) is 0.555. The van der Waals surface area contributed by atoms with Gasteiger partial charge in [-0.2, -0.15) is 0 Å². The van der Waals surface area contributed by atoms with E-state index in [1.165, 1.54) is 34.8 Å². The lowest BCUT2D eigenvalue weighted by Crippen LogP contribution is -2.56. The Morgan fingerprint density at radius 1 is 1.50 bits per heavy atom. The largest absolute Gasteiger partial charge is 0.383 e. The van der Waals surface area contributed by atoms with Crippen LogP contribution in [0.1, 0.15) is 35.3 Å². The number of aryl methyl sites for hydroxylation is 2. The number of hydrogen-bond acceptors (Lipinski definition) is 5. The highest BCUT2D eigenvalue weighted by atomic mass is 32.1. The number of thiazole rings is 1. The van der Waals surface area contributed by atoms with Crippen LogP contribution >= 0.6 is 11.3 Å². The first kappa shape index (κ1) is 14.4. The summed E-state index contributed by atoms with van der Waals surface area (Å²) in [5.41, 5.74) is 1.40. The normalized spacial score (nSPS) is 29.6. The molecule has 0 amide bonds. The molecule has 1 aromatic heterocycles. The molecule has 112 valence electrons. The Morgan fingerprint density at radius 3 is 3.15 bits per heavy atom. The first-order valence-corrected chi connectivity index (χ1v) is 8.51. The summed E-state index contributed by atoms with van der Waals surface area (Å²) in [6, 6.07) is 0. The second-order valence-electron chi connectivity index (χ2n) is 5.99. The molecule has 2 N–H and O–H groups in total. The summed E-state index contributed by atoms with van der Waals surface area (Å²) in [6.07, 6.45) is 4.81. The second kappa shape index (κ2) is 6.10. The van der Waals surface area contributed by atoms with Crippen molar-refractivity contribution in [2.75, 3.05) is 33.4 Å². The van der Waals surface area contributed by atoms with E-state index in [2.05, 4.69) is 17.6 Å². The number of fused-ring (bicyclic) bond motifs is 1. The molecule has 3 rings (SSSR count). The number of ether oxygens (including phenoxy) is 1. The number of hydrogen-bond donors (Lipinski definition) is 2. The summed E-state index contributed by atoms with van der Waals surface area (Å²) in [4.78, 5) is 6.53. The second-order valence-corrected chi connectivity index (χ2v) is 7.07. The fourth-order valence-corrected chi connectivity index (χ4v) is 4.90. The lowest BCUT2D eigenvalue weighted by Gasteiger charge is -2.42. The molecule has 4 nitrogen and oxygen atoms in total. The highest BCUT2D eigenvalue weighted by molar-refractivity contribution is 7.12. The molecule has 0 spiro atoms. The lowest BCUT2D eigenvalue weighted by molar-refractivity contribution is 0.136. The SMILES string of the molecule is COCCNC1(c2nc3c(s2)CCC3)CCNCC1C. The fraction of sp³-hybridized carbons (Fsp3) is 0.800. The first-order valence-electron chi connectivity index (χ1n) is 7.70. The standard InChI is InChI=1S/C15H25N3OS/c1-11-10-16-7-6-15(11,17-8-9-19-2)14-18-12-4-3-5-13(12)20-14/h11,16-17H,3-10H2,1-2H3. The number of aromatic nitrogens is 1. The van der Waals surface area contributed by atoms with Crippen molar-refractivity contribution in [1.82, 2.24) is 15.6 Å². The Hall–Kier alpha value is -0.490. The van der Waals surface area contributed by atoms with Crippen LogP contribution < -0.4 is 10.6 Å². The molecule has 1 aromatic rings. The van der Waals surface area contributed by atoms with E-state index in [9.17, 15) is 0 Å². The van der Waals surface area contributed by atoms with Crippen LogP contribution in [0.4, 0.5) is 0 Å². The van der Waals surface area contributed by atoms with Crippen LogP contribution in [0.3, 0.4) is 0 Å². The summed E-state index contributed by atoms with van der Waals surface area (Å²) in [5, 5.41) is 8.59. The van der Waals surface area contributed by atoms with Gasteiger partial charge in [0.2, 0.25) is 0 Å². The van der Waals surface area contributed by atoms with Crippen molar-refractivity contribution in [2.24, 2.45) is 5.92 Å². The number of nitrogens with one attached hydrogen (secondary N) is 2. The van der Waals surface area contributed by atoms with Crippen LogP contribution in [-0.2, 0) is 23.1 Å². The molecule has 2 atom stereocenters. The molecule has 20 heavy (non-hydrogen) atoms. The topological polar surface area (TPSA) is 46.2 Å². The third-order valence-corrected chi connectivity index (χ3v) is 6.05. The van der Waals surface area contributed by atoms with E-state index in [0.717, 1.165) is 32.7 Å². The summed E-state index contributed by atoms with van der Waals surface area (Å²) < 4.78 is 5.22. The fourth-order valence-electron chi connectivity index (χ4n) is 3.44. The molecule has 1 aliphatic heterocycles. The molecular weight excluding hydrogens is 270 g/mol. The van der Waals surface area contributed by atoms with Crippen LogP contribution in [-0.4, -0.2) is 38.3 Å². The predicted molar refractivity (Wildman–Crippen MR) is 82.3 cm³/mol. The zero-order valence-corrected chi connectivity index (χ0v) is 13.3. The average Bonchev–Trinajstić information content (AvgIpc) is 3.02. The number of piperidine rings is 1. The van der Waals surface area contributed by atoms with Crippen LogP contribution in [0.2, 0.25) is 0 Å². The van der Waals surface area contributed by atoms with Crippen LogP contribution in [0.5, 0.6) is 0 Å². The van der Waals surface area contributed by atoms with Crippen LogP contribution in [0, 0.1) is 5.92 Å². The maximum absolute atomic E-state index is 5.22. The minimum atomic E-state index is 0.0405. The first-order chi connectivity index (χ1) is 9.76. The molecule has 1 saturated heterocycles. The van der Waals surface area contributed by atoms with E-state index < -0.39 is 0 Å². The van der Waals surface area contributed by atoms with Crippen LogP contribution in [0.15, 0.2) is 0 Å². The Labute approximate surface area is 125 Å². The third-order valence-electron chi connectivity index (χ3n) is 4.71. The van der Waals surface area contributed by atoms with E-state index >= 15 is 0 Å². The molecule has 0 aromatic carbocycles. The molecule has 0 radical (unpaired) electrons. The maximum Gasteiger partial charge on any atom is 0.114 e. The number of methoxy groups -OCH3 is 1. The lowest BCUT2D eigenvalue weighted by atomic mass is 9.80. The molecule has 2 heterocycles. The number of nitrogens with zero attached hydrogens (tertiary/aromatic N) is 1. The van der Waals surface area contributed by atoms with Crippen molar-refractivity contribution >= 4 is 11.3 Å². The van der Waals surface area contributed by atoms with Gasteiger partial charge in [0.05, 0.1) is 17.8 Å². The van der Waals surface area contributed by atoms with E-state index in [1.54, 1.807) is 7.11 Å². The van der Waals surface area contributed by atoms with E-state index in [4.69, 9.17) is 9.72 Å². The van der Waals surface area contributed by atoms with Gasteiger partial charge < -0.3 is 15.4 Å². The van der Waals surface area contributed by atoms with Gasteiger partial charge >= 0.3 is 0 Å². The van der Waals surface area contributed by atoms with Gasteiger partial charge in [-0.1, -0.05) is 6.92 Å². The van der Waals surface area contributed by atoms with Gasteiger partial charge in [-0.3, -0.25) is 0 Å². The Balaban J connectivity index is 1.87. The molecule has 1 aliphatic carbocycles. The monoisotopic (exact) mass is 295 g/mol. The zero-order valence-electron chi connectivity index (χ0n) is 12.5. The zero-order chi connectivity index (χ0) is 14.0. The average molecular weight is 295 g/mol. The van der Waals surface area contributed by atoms with Gasteiger partial charge in [0.15, 0.2) is 0 Å². The van der Waals surface area contributed by atoms with Crippen molar-refractivity contribution in [1.29, 1.82) is 0 Å². The van der Waals surface area contributed by atoms with Gasteiger partial charge in [-0.25, -0.2) is 4.98 Å². The molecule has 0 saturated carbocycles. The van der Waals surface area contributed by atoms with Gasteiger partial charge in [0, 0.05) is 18.5 Å². The third kappa shape index (κ3) is 2.52. The highest BCUT2D eigenvalue weighted by Crippen LogP contribution is 2.40. The van der Waals surface area contributed by atoms with E-state index in [-0.39, 0.29) is 5.54 Å². The molecule has 1 fully saturated rings. The van der Waals surface area contributed by atoms with Gasteiger partial charge in [-0.05, 0) is 44.7 Å². The molecule has 5 heteroatoms. The minimum absolute atomic E-state index is 0.0405. The molecule has 2 unspecified atom stereocenters. The number of rotatable bonds is 5. The minimum Gasteiger partial charge on any atom is -0.383 e. The summed E-state index contributed by atoms with van der Waals surface area (Å²) in [7, 11) is 1.76. The molecular formula is C15H25N3OS. The van der Waals surface area contributed by atoms with E-state index in [0.29, 0.717) is 5.92 Å². The smallest absolute Gasteiger partial charge is 0.114 e. The summed E-state index contributed by atoms with van der Waals surface area (Å²) >= 11 is 1.95.